The van der Waals surface area contributed by atoms with Crippen LogP contribution in [-0.4, -0.2) is 34.6 Å². The van der Waals surface area contributed by atoms with Crippen molar-refractivity contribution in [1.82, 2.24) is 4.90 Å². The van der Waals surface area contributed by atoms with Crippen LogP contribution in [0.2, 0.25) is 0 Å². The molecule has 2 rings (SSSR count). The standard InChI is InChI=1S/C14H17F2NO2/c1-9(18)7-11-3-2-6-17(11)14(19)12-8-10(15)4-5-13(12)16/h4-5,8-9,11,18H,2-3,6-7H2,1H3. The smallest absolute Gasteiger partial charge is 0.257 e. The van der Waals surface area contributed by atoms with Gasteiger partial charge in [0, 0.05) is 12.6 Å². The molecule has 0 aliphatic carbocycles. The van der Waals surface area contributed by atoms with Gasteiger partial charge in [-0.25, -0.2) is 8.78 Å². The van der Waals surface area contributed by atoms with Gasteiger partial charge >= 0.3 is 0 Å². The minimum atomic E-state index is -0.714. The molecular weight excluding hydrogens is 252 g/mol. The number of nitrogens with zero attached hydrogens (tertiary/aromatic N) is 1. The summed E-state index contributed by atoms with van der Waals surface area (Å²) in [6.45, 7) is 2.18. The van der Waals surface area contributed by atoms with Crippen LogP contribution in [0, 0.1) is 11.6 Å². The monoisotopic (exact) mass is 269 g/mol. The Morgan fingerprint density at radius 2 is 2.26 bits per heavy atom. The first-order valence-electron chi connectivity index (χ1n) is 6.43. The van der Waals surface area contributed by atoms with Crippen LogP contribution in [0.5, 0.6) is 0 Å². The van der Waals surface area contributed by atoms with E-state index >= 15 is 0 Å². The van der Waals surface area contributed by atoms with Gasteiger partial charge in [-0.1, -0.05) is 0 Å². The molecule has 2 unspecified atom stereocenters. The molecule has 5 heteroatoms. The Hall–Kier alpha value is -1.49. The summed E-state index contributed by atoms with van der Waals surface area (Å²) < 4.78 is 26.7. The number of likely N-dealkylation sites (tertiary alicyclic amines) is 1. The average Bonchev–Trinajstić information content (AvgIpc) is 2.78. The van der Waals surface area contributed by atoms with Gasteiger partial charge in [0.1, 0.15) is 11.6 Å². The van der Waals surface area contributed by atoms with Crippen LogP contribution in [0.25, 0.3) is 0 Å². The van der Waals surface area contributed by atoms with Crippen molar-refractivity contribution in [3.8, 4) is 0 Å². The lowest BCUT2D eigenvalue weighted by Gasteiger charge is -2.26. The molecule has 0 radical (unpaired) electrons. The molecule has 1 aliphatic rings. The molecule has 1 aromatic carbocycles. The summed E-state index contributed by atoms with van der Waals surface area (Å²) in [5.74, 6) is -1.84. The third kappa shape index (κ3) is 3.10. The first-order valence-corrected chi connectivity index (χ1v) is 6.43. The number of carbonyl (C=O) groups excluding carboxylic acids is 1. The van der Waals surface area contributed by atoms with E-state index in [4.69, 9.17) is 0 Å². The van der Waals surface area contributed by atoms with Crippen LogP contribution in [0.4, 0.5) is 8.78 Å². The Balaban J connectivity index is 2.20. The number of aliphatic hydroxyl groups is 1. The van der Waals surface area contributed by atoms with Crippen LogP contribution >= 0.6 is 0 Å². The minimum absolute atomic E-state index is 0.102. The summed E-state index contributed by atoms with van der Waals surface area (Å²) in [5, 5.41) is 9.41. The number of halogens is 2. The highest BCUT2D eigenvalue weighted by molar-refractivity contribution is 5.94. The van der Waals surface area contributed by atoms with E-state index in [1.54, 1.807) is 6.92 Å². The molecule has 0 spiro atoms. The zero-order valence-corrected chi connectivity index (χ0v) is 10.8. The largest absolute Gasteiger partial charge is 0.393 e. The normalized spacial score (nSPS) is 20.6. The van der Waals surface area contributed by atoms with Crippen molar-refractivity contribution >= 4 is 5.91 Å². The van der Waals surface area contributed by atoms with Gasteiger partial charge in [-0.15, -0.1) is 0 Å². The van der Waals surface area contributed by atoms with E-state index in [9.17, 15) is 18.7 Å². The Bertz CT molecular complexity index is 477. The summed E-state index contributed by atoms with van der Waals surface area (Å²) in [6, 6.07) is 2.77. The van der Waals surface area contributed by atoms with Crippen LogP contribution < -0.4 is 0 Å². The van der Waals surface area contributed by atoms with Crippen molar-refractivity contribution < 1.29 is 18.7 Å². The first-order chi connectivity index (χ1) is 8.99. The molecule has 3 nitrogen and oxygen atoms in total. The lowest BCUT2D eigenvalue weighted by atomic mass is 10.1. The highest BCUT2D eigenvalue weighted by atomic mass is 19.1. The van der Waals surface area contributed by atoms with Crippen LogP contribution in [-0.2, 0) is 0 Å². The van der Waals surface area contributed by atoms with E-state index in [0.29, 0.717) is 13.0 Å². The Kier molecular flexibility index (Phi) is 4.14. The van der Waals surface area contributed by atoms with Crippen molar-refractivity contribution in [3.63, 3.8) is 0 Å². The number of hydrogen-bond acceptors (Lipinski definition) is 2. The Morgan fingerprint density at radius 3 is 2.95 bits per heavy atom. The zero-order chi connectivity index (χ0) is 14.0. The number of aliphatic hydroxyl groups excluding tert-OH is 1. The maximum atomic E-state index is 13.6. The molecule has 1 aliphatic heterocycles. The second-order valence-corrected chi connectivity index (χ2v) is 5.00. The summed E-state index contributed by atoms with van der Waals surface area (Å²) in [4.78, 5) is 13.8. The molecule has 1 saturated heterocycles. The average molecular weight is 269 g/mol. The lowest BCUT2D eigenvalue weighted by Crippen LogP contribution is -2.37. The predicted octanol–water partition coefficient (Wildman–Crippen LogP) is 2.34. The number of benzene rings is 1. The fourth-order valence-electron chi connectivity index (χ4n) is 2.56. The van der Waals surface area contributed by atoms with E-state index in [0.717, 1.165) is 31.0 Å². The van der Waals surface area contributed by atoms with E-state index in [1.165, 1.54) is 4.90 Å². The van der Waals surface area contributed by atoms with Gasteiger partial charge in [0.2, 0.25) is 0 Å². The number of rotatable bonds is 3. The quantitative estimate of drug-likeness (QED) is 0.915. The summed E-state index contributed by atoms with van der Waals surface area (Å²) in [7, 11) is 0. The number of hydrogen-bond donors (Lipinski definition) is 1. The molecule has 1 fully saturated rings. The van der Waals surface area contributed by atoms with Gasteiger partial charge in [0.25, 0.3) is 5.91 Å². The van der Waals surface area contributed by atoms with Gasteiger partial charge in [-0.3, -0.25) is 4.79 Å². The summed E-state index contributed by atoms with van der Waals surface area (Å²) in [6.07, 6.45) is 1.55. The second kappa shape index (κ2) is 5.65. The summed E-state index contributed by atoms with van der Waals surface area (Å²) in [5.41, 5.74) is -0.238. The van der Waals surface area contributed by atoms with E-state index in [1.807, 2.05) is 0 Å². The molecule has 1 amide bonds. The van der Waals surface area contributed by atoms with Gasteiger partial charge in [-0.05, 0) is 44.4 Å². The second-order valence-electron chi connectivity index (χ2n) is 5.00. The van der Waals surface area contributed by atoms with Crippen LogP contribution in [0.15, 0.2) is 18.2 Å². The SMILES string of the molecule is CC(O)CC1CCCN1C(=O)c1cc(F)ccc1F. The summed E-state index contributed by atoms with van der Waals surface area (Å²) >= 11 is 0. The third-order valence-electron chi connectivity index (χ3n) is 3.41. The Morgan fingerprint density at radius 1 is 1.53 bits per heavy atom. The third-order valence-corrected chi connectivity index (χ3v) is 3.41. The molecule has 19 heavy (non-hydrogen) atoms. The number of carbonyl (C=O) groups is 1. The highest BCUT2D eigenvalue weighted by Crippen LogP contribution is 2.24. The highest BCUT2D eigenvalue weighted by Gasteiger charge is 2.31. The van der Waals surface area contributed by atoms with Crippen molar-refractivity contribution in [2.24, 2.45) is 0 Å². The Labute approximate surface area is 110 Å². The maximum absolute atomic E-state index is 13.6. The van der Waals surface area contributed by atoms with Crippen LogP contribution in [0.3, 0.4) is 0 Å². The topological polar surface area (TPSA) is 40.5 Å². The molecule has 104 valence electrons. The molecule has 0 saturated carbocycles. The van der Waals surface area contributed by atoms with Crippen molar-refractivity contribution in [3.05, 3.63) is 35.4 Å². The molecule has 0 aromatic heterocycles. The van der Waals surface area contributed by atoms with E-state index < -0.39 is 23.6 Å². The minimum Gasteiger partial charge on any atom is -0.393 e. The predicted molar refractivity (Wildman–Crippen MR) is 66.7 cm³/mol. The van der Waals surface area contributed by atoms with E-state index in [-0.39, 0.29) is 11.6 Å². The molecule has 1 heterocycles. The molecule has 1 N–H and O–H groups in total. The lowest BCUT2D eigenvalue weighted by molar-refractivity contribution is 0.0677. The number of amides is 1. The van der Waals surface area contributed by atoms with Gasteiger partial charge in [0.05, 0.1) is 11.7 Å². The zero-order valence-electron chi connectivity index (χ0n) is 10.8. The van der Waals surface area contributed by atoms with Crippen molar-refractivity contribution in [2.45, 2.75) is 38.3 Å². The van der Waals surface area contributed by atoms with Gasteiger partial charge < -0.3 is 10.0 Å². The fourth-order valence-corrected chi connectivity index (χ4v) is 2.56. The first kappa shape index (κ1) is 13.9. The molecule has 1 aromatic rings. The van der Waals surface area contributed by atoms with Gasteiger partial charge in [0.15, 0.2) is 0 Å². The van der Waals surface area contributed by atoms with Crippen molar-refractivity contribution in [1.29, 1.82) is 0 Å². The van der Waals surface area contributed by atoms with Crippen LogP contribution in [0.1, 0.15) is 36.5 Å². The molecule has 0 bridgehead atoms. The van der Waals surface area contributed by atoms with Gasteiger partial charge in [-0.2, -0.15) is 0 Å². The molecule has 2 atom stereocenters. The fraction of sp³-hybridized carbons (Fsp3) is 0.500. The molecular formula is C14H17F2NO2. The maximum Gasteiger partial charge on any atom is 0.257 e. The van der Waals surface area contributed by atoms with Crippen molar-refractivity contribution in [2.75, 3.05) is 6.54 Å². The van der Waals surface area contributed by atoms with E-state index in [2.05, 4.69) is 0 Å².